The largest absolute Gasteiger partial charge is 0.451 e. The highest BCUT2D eigenvalue weighted by Crippen LogP contribution is 2.28. The summed E-state index contributed by atoms with van der Waals surface area (Å²) in [5, 5.41) is 3.50. The fourth-order valence-electron chi connectivity index (χ4n) is 3.78. The first kappa shape index (κ1) is 20.9. The van der Waals surface area contributed by atoms with E-state index in [2.05, 4.69) is 10.1 Å². The van der Waals surface area contributed by atoms with Crippen molar-refractivity contribution in [2.45, 2.75) is 31.6 Å². The molecule has 0 spiro atoms. The first-order valence-corrected chi connectivity index (χ1v) is 9.80. The topological polar surface area (TPSA) is 78.0 Å². The molecule has 0 aliphatic carbocycles. The summed E-state index contributed by atoms with van der Waals surface area (Å²) in [5.74, 6) is -1.36. The predicted molar refractivity (Wildman–Crippen MR) is 104 cm³/mol. The molecule has 1 saturated heterocycles. The van der Waals surface area contributed by atoms with Crippen molar-refractivity contribution in [3.8, 4) is 0 Å². The van der Waals surface area contributed by atoms with E-state index in [4.69, 9.17) is 0 Å². The summed E-state index contributed by atoms with van der Waals surface area (Å²) in [7, 11) is 1.06. The van der Waals surface area contributed by atoms with E-state index in [1.54, 1.807) is 29.6 Å². The minimum Gasteiger partial charge on any atom is -0.338 e. The summed E-state index contributed by atoms with van der Waals surface area (Å²) in [4.78, 5) is 30.6. The van der Waals surface area contributed by atoms with E-state index in [9.17, 15) is 22.8 Å². The van der Waals surface area contributed by atoms with Gasteiger partial charge in [-0.1, -0.05) is 12.1 Å². The fraction of sp³-hybridized carbons (Fsp3) is 0.400. The smallest absolute Gasteiger partial charge is 0.338 e. The second kappa shape index (κ2) is 8.05. The van der Waals surface area contributed by atoms with Crippen molar-refractivity contribution in [2.24, 2.45) is 7.05 Å². The quantitative estimate of drug-likeness (QED) is 0.632. The Labute approximate surface area is 175 Å². The van der Waals surface area contributed by atoms with E-state index >= 15 is 0 Å². The molecule has 3 aromatic rings. The molecular formula is C20H21F3N6O2. The Morgan fingerprint density at radius 1 is 1.16 bits per heavy atom. The Morgan fingerprint density at radius 3 is 2.39 bits per heavy atom. The number of piperidine rings is 1. The van der Waals surface area contributed by atoms with Crippen LogP contribution < -0.4 is 5.69 Å². The first-order valence-electron chi connectivity index (χ1n) is 9.80. The number of hydrogen-bond acceptors (Lipinski definition) is 4. The van der Waals surface area contributed by atoms with Gasteiger partial charge >= 0.3 is 11.9 Å². The van der Waals surface area contributed by atoms with Crippen LogP contribution in [0.3, 0.4) is 0 Å². The number of alkyl halides is 3. The third kappa shape index (κ3) is 4.25. The molecule has 0 radical (unpaired) electrons. The van der Waals surface area contributed by atoms with Gasteiger partial charge in [-0.3, -0.25) is 9.36 Å². The third-order valence-electron chi connectivity index (χ3n) is 5.48. The molecule has 0 bridgehead atoms. The second-order valence-electron chi connectivity index (χ2n) is 7.56. The van der Waals surface area contributed by atoms with Gasteiger partial charge in [0, 0.05) is 44.6 Å². The van der Waals surface area contributed by atoms with Gasteiger partial charge in [0.05, 0.1) is 12.4 Å². The number of carbonyl (C=O) groups is 1. The minimum atomic E-state index is -4.69. The van der Waals surface area contributed by atoms with E-state index in [1.165, 1.54) is 0 Å². The normalized spacial score (nSPS) is 15.4. The van der Waals surface area contributed by atoms with Crippen LogP contribution in [0, 0.1) is 0 Å². The van der Waals surface area contributed by atoms with Crippen molar-refractivity contribution in [1.82, 2.24) is 28.8 Å². The van der Waals surface area contributed by atoms with E-state index in [0.29, 0.717) is 42.6 Å². The molecule has 1 aliphatic heterocycles. The van der Waals surface area contributed by atoms with Crippen LogP contribution in [0.2, 0.25) is 0 Å². The molecule has 1 amide bonds. The van der Waals surface area contributed by atoms with Gasteiger partial charge in [0.1, 0.15) is 0 Å². The van der Waals surface area contributed by atoms with Crippen LogP contribution in [0.5, 0.6) is 0 Å². The van der Waals surface area contributed by atoms with Crippen molar-refractivity contribution in [2.75, 3.05) is 13.1 Å². The molecule has 1 aliphatic rings. The molecule has 8 nitrogen and oxygen atoms in total. The second-order valence-corrected chi connectivity index (χ2v) is 7.56. The minimum absolute atomic E-state index is 0.142. The molecular weight excluding hydrogens is 413 g/mol. The van der Waals surface area contributed by atoms with Crippen LogP contribution >= 0.6 is 0 Å². The van der Waals surface area contributed by atoms with Gasteiger partial charge in [-0.25, -0.2) is 14.5 Å². The zero-order valence-electron chi connectivity index (χ0n) is 16.8. The van der Waals surface area contributed by atoms with E-state index < -0.39 is 23.7 Å². The number of aromatic nitrogens is 5. The maximum Gasteiger partial charge on any atom is 0.451 e. The lowest BCUT2D eigenvalue weighted by atomic mass is 10.0. The summed E-state index contributed by atoms with van der Waals surface area (Å²) in [5.41, 5.74) is 0.774. The molecule has 0 N–H and O–H groups in total. The van der Waals surface area contributed by atoms with Crippen molar-refractivity contribution in [1.29, 1.82) is 0 Å². The predicted octanol–water partition coefficient (Wildman–Crippen LogP) is 2.32. The average molecular weight is 434 g/mol. The summed E-state index contributed by atoms with van der Waals surface area (Å²) in [6.07, 6.45) is 1.29. The first-order chi connectivity index (χ1) is 14.7. The van der Waals surface area contributed by atoms with Gasteiger partial charge in [0.2, 0.25) is 5.82 Å². The molecule has 0 saturated carbocycles. The summed E-state index contributed by atoms with van der Waals surface area (Å²) in [6.45, 7) is 1.33. The molecule has 0 unspecified atom stereocenters. The van der Waals surface area contributed by atoms with Crippen LogP contribution in [-0.2, 0) is 19.8 Å². The van der Waals surface area contributed by atoms with Crippen molar-refractivity contribution < 1.29 is 18.0 Å². The Bertz CT molecular complexity index is 1110. The highest BCUT2D eigenvalue weighted by molar-refractivity contribution is 5.94. The fourth-order valence-corrected chi connectivity index (χ4v) is 3.78. The number of likely N-dealkylation sites (tertiary alicyclic amines) is 1. The Morgan fingerprint density at radius 2 is 1.84 bits per heavy atom. The van der Waals surface area contributed by atoms with Crippen LogP contribution in [-0.4, -0.2) is 47.8 Å². The van der Waals surface area contributed by atoms with Gasteiger partial charge in [-0.2, -0.15) is 13.2 Å². The lowest BCUT2D eigenvalue weighted by molar-refractivity contribution is -0.147. The van der Waals surface area contributed by atoms with Crippen molar-refractivity contribution in [3.63, 3.8) is 0 Å². The number of halogens is 3. The standard InChI is InChI=1S/C20H21F3N6O2/c1-26-18(20(21,22)23)25-29(19(26)31)16-6-9-28(10-7-16)17(30)15-4-2-14(3-5-15)12-27-11-8-24-13-27/h2-5,8,11,13,16H,6-7,9-10,12H2,1H3. The Hall–Kier alpha value is -3.37. The average Bonchev–Trinajstić information content (AvgIpc) is 3.36. The molecule has 11 heteroatoms. The van der Waals surface area contributed by atoms with Gasteiger partial charge in [0.15, 0.2) is 0 Å². The van der Waals surface area contributed by atoms with Crippen LogP contribution in [0.25, 0.3) is 0 Å². The maximum absolute atomic E-state index is 13.0. The van der Waals surface area contributed by atoms with Crippen LogP contribution in [0.15, 0.2) is 47.8 Å². The van der Waals surface area contributed by atoms with E-state index in [1.807, 2.05) is 22.9 Å². The number of rotatable bonds is 4. The third-order valence-corrected chi connectivity index (χ3v) is 5.48. The van der Waals surface area contributed by atoms with Crippen LogP contribution in [0.4, 0.5) is 13.2 Å². The van der Waals surface area contributed by atoms with Crippen molar-refractivity contribution in [3.05, 3.63) is 70.4 Å². The highest BCUT2D eigenvalue weighted by Gasteiger charge is 2.39. The molecule has 0 atom stereocenters. The van der Waals surface area contributed by atoms with Crippen molar-refractivity contribution >= 4 is 5.91 Å². The molecule has 3 heterocycles. The SMILES string of the molecule is Cn1c(C(F)(F)F)nn(C2CCN(C(=O)c3ccc(Cn4ccnc4)cc3)CC2)c1=O. The number of benzene rings is 1. The molecule has 1 aromatic carbocycles. The van der Waals surface area contributed by atoms with E-state index in [0.717, 1.165) is 17.3 Å². The Balaban J connectivity index is 1.40. The molecule has 4 rings (SSSR count). The van der Waals surface area contributed by atoms with Crippen LogP contribution in [0.1, 0.15) is 40.6 Å². The van der Waals surface area contributed by atoms with Gasteiger partial charge < -0.3 is 9.47 Å². The number of carbonyl (C=O) groups excluding carboxylic acids is 1. The molecule has 1 fully saturated rings. The van der Waals surface area contributed by atoms with E-state index in [-0.39, 0.29) is 5.91 Å². The number of amides is 1. The number of hydrogen-bond donors (Lipinski definition) is 0. The monoisotopic (exact) mass is 434 g/mol. The van der Waals surface area contributed by atoms with Gasteiger partial charge in [-0.15, -0.1) is 5.10 Å². The summed E-state index contributed by atoms with van der Waals surface area (Å²) >= 11 is 0. The maximum atomic E-state index is 13.0. The lowest BCUT2D eigenvalue weighted by Crippen LogP contribution is -2.41. The zero-order chi connectivity index (χ0) is 22.2. The molecule has 164 valence electrons. The molecule has 2 aromatic heterocycles. The van der Waals surface area contributed by atoms with Gasteiger partial charge in [-0.05, 0) is 30.5 Å². The summed E-state index contributed by atoms with van der Waals surface area (Å²) < 4.78 is 42.4. The number of nitrogens with zero attached hydrogens (tertiary/aromatic N) is 6. The summed E-state index contributed by atoms with van der Waals surface area (Å²) in [6, 6.07) is 6.81. The number of imidazole rings is 1. The van der Waals surface area contributed by atoms with Gasteiger partial charge in [0.25, 0.3) is 5.91 Å². The highest BCUT2D eigenvalue weighted by atomic mass is 19.4. The zero-order valence-corrected chi connectivity index (χ0v) is 16.8. The lowest BCUT2D eigenvalue weighted by Gasteiger charge is -2.31. The Kier molecular flexibility index (Phi) is 5.42. The molecule has 31 heavy (non-hydrogen) atoms.